The van der Waals surface area contributed by atoms with E-state index in [2.05, 4.69) is 0 Å². The van der Waals surface area contributed by atoms with Crippen molar-refractivity contribution < 1.29 is 94.7 Å². The Labute approximate surface area is 297 Å². The number of carboxylic acids is 2. The van der Waals surface area contributed by atoms with Gasteiger partial charge in [0.15, 0.2) is 0 Å². The first-order chi connectivity index (χ1) is 19.8. The number of aldehydes is 2. The van der Waals surface area contributed by atoms with E-state index in [4.69, 9.17) is 0 Å². The second-order valence-electron chi connectivity index (χ2n) is 11.2. The summed E-state index contributed by atoms with van der Waals surface area (Å²) in [4.78, 5) is 90.7. The average Bonchev–Trinajstić information content (AvgIpc) is 2.90. The minimum Gasteiger partial charge on any atom is -0.480 e. The minimum atomic E-state index is -1.07. The zero-order valence-corrected chi connectivity index (χ0v) is 29.0. The largest absolute Gasteiger partial charge is 0.480 e. The summed E-state index contributed by atoms with van der Waals surface area (Å²) in [5.41, 5.74) is 0. The molecule has 1 aliphatic rings. The normalized spacial score (nSPS) is 18.5. The van der Waals surface area contributed by atoms with E-state index in [1.807, 2.05) is 9.80 Å². The fourth-order valence-corrected chi connectivity index (χ4v) is 5.22. The number of aliphatic carboxylic acids is 2. The van der Waals surface area contributed by atoms with Crippen LogP contribution in [0.2, 0.25) is 0 Å². The molecule has 0 aromatic carbocycles. The third-order valence-electron chi connectivity index (χ3n) is 7.88. The van der Waals surface area contributed by atoms with Crippen molar-refractivity contribution in [1.82, 2.24) is 19.6 Å². The molecular formula is C29H52GdN4O11. The smallest absolute Gasteiger partial charge is 0.320 e. The van der Waals surface area contributed by atoms with Crippen molar-refractivity contribution in [1.29, 1.82) is 0 Å². The number of hydrogen-bond acceptors (Lipinski definition) is 11. The summed E-state index contributed by atoms with van der Waals surface area (Å²) in [7, 11) is 0. The number of carbonyl (C=O) groups is 7. The molecule has 1 aliphatic heterocycles. The first-order valence-corrected chi connectivity index (χ1v) is 14.6. The molecule has 0 amide bonds. The van der Waals surface area contributed by atoms with Gasteiger partial charge >= 0.3 is 11.9 Å². The molecule has 0 radical (unpaired) electrons. The molecule has 0 saturated carbocycles. The molecule has 262 valence electrons. The Hall–Kier alpha value is -1.63. The molecule has 0 bridgehead atoms. The Morgan fingerprint density at radius 1 is 0.578 bits per heavy atom. The maximum Gasteiger partial charge on any atom is 0.320 e. The second kappa shape index (κ2) is 25.5. The predicted octanol–water partition coefficient (Wildman–Crippen LogP) is -1.27. The van der Waals surface area contributed by atoms with Gasteiger partial charge in [-0.2, -0.15) is 0 Å². The molecule has 45 heavy (non-hydrogen) atoms. The van der Waals surface area contributed by atoms with Crippen LogP contribution in [0.4, 0.5) is 0 Å². The first-order valence-electron chi connectivity index (χ1n) is 14.6. The molecule has 1 fully saturated rings. The van der Waals surface area contributed by atoms with Crippen LogP contribution in [0, 0.1) is 39.9 Å². The number of nitrogens with zero attached hydrogens (tertiary/aromatic N) is 4. The van der Waals surface area contributed by atoms with Gasteiger partial charge in [-0.25, -0.2) is 0 Å². The van der Waals surface area contributed by atoms with Crippen LogP contribution < -0.4 is 0 Å². The number of carboxylic acid groups (broad SMARTS) is 2. The van der Waals surface area contributed by atoms with Gasteiger partial charge in [-0.3, -0.25) is 29.2 Å². The van der Waals surface area contributed by atoms with Crippen LogP contribution in [0.15, 0.2) is 0 Å². The third kappa shape index (κ3) is 18.3. The first kappa shape index (κ1) is 47.8. The summed E-state index contributed by atoms with van der Waals surface area (Å²) in [6, 6.07) is -3.08. The number of rotatable bonds is 17. The van der Waals surface area contributed by atoms with Crippen molar-refractivity contribution in [2.45, 2.75) is 90.4 Å². The van der Waals surface area contributed by atoms with Crippen LogP contribution in [-0.4, -0.2) is 159 Å². The molecule has 1 heterocycles. The van der Waals surface area contributed by atoms with E-state index in [-0.39, 0.29) is 146 Å². The minimum absolute atomic E-state index is 0. The zero-order valence-electron chi connectivity index (χ0n) is 26.8. The Bertz CT molecular complexity index is 903. The van der Waals surface area contributed by atoms with E-state index < -0.39 is 36.1 Å². The summed E-state index contributed by atoms with van der Waals surface area (Å²) < 4.78 is 0. The van der Waals surface area contributed by atoms with Crippen molar-refractivity contribution in [3.05, 3.63) is 0 Å². The van der Waals surface area contributed by atoms with Crippen LogP contribution in [0.1, 0.15) is 66.2 Å². The van der Waals surface area contributed by atoms with Crippen molar-refractivity contribution in [2.24, 2.45) is 0 Å². The van der Waals surface area contributed by atoms with E-state index in [0.29, 0.717) is 13.1 Å². The standard InChI is InChI=1S/C29H48N4O9.Gd.2H2O/c1-21(19-34)30-11-15-32(26(28(39)40)9-6-23(3)37)17-13-31(25(20-35)8-5-22(2)36)14-18-33(16-12-30)27(29(41)42)10-7-24(4)38;;;/h19-21,25-27H,5-18H2,1-4H3,(H,39,40)(H,41,42);;2*1H2. The molecule has 1 rings (SSSR count). The van der Waals surface area contributed by atoms with Crippen molar-refractivity contribution in [3.63, 3.8) is 0 Å². The van der Waals surface area contributed by atoms with Gasteiger partial charge < -0.3 is 45.1 Å². The monoisotopic (exact) mass is 790 g/mol. The summed E-state index contributed by atoms with van der Waals surface area (Å²) in [5.74, 6) is -2.48. The molecule has 16 heteroatoms. The number of ketones is 3. The molecule has 0 aromatic rings. The summed E-state index contributed by atoms with van der Waals surface area (Å²) in [5, 5.41) is 20.1. The Morgan fingerprint density at radius 2 is 0.889 bits per heavy atom. The topological polar surface area (TPSA) is 236 Å². The van der Waals surface area contributed by atoms with Gasteiger partial charge in [-0.1, -0.05) is 0 Å². The maximum absolute atomic E-state index is 12.3. The van der Waals surface area contributed by atoms with Crippen molar-refractivity contribution in [3.8, 4) is 0 Å². The number of hydrogen-bond donors (Lipinski definition) is 2. The maximum atomic E-state index is 12.3. The van der Waals surface area contributed by atoms with Crippen LogP contribution in [-0.2, 0) is 33.6 Å². The van der Waals surface area contributed by atoms with Crippen molar-refractivity contribution in [2.75, 3.05) is 52.4 Å². The van der Waals surface area contributed by atoms with Gasteiger partial charge in [-0.15, -0.1) is 0 Å². The summed E-state index contributed by atoms with van der Waals surface area (Å²) in [6.07, 6.45) is 2.38. The molecule has 0 aromatic heterocycles. The predicted molar refractivity (Wildman–Crippen MR) is 161 cm³/mol. The second-order valence-corrected chi connectivity index (χ2v) is 11.2. The van der Waals surface area contributed by atoms with E-state index in [9.17, 15) is 43.8 Å². The van der Waals surface area contributed by atoms with Crippen LogP contribution >= 0.6 is 0 Å². The Balaban J connectivity index is -0.00000588. The zero-order chi connectivity index (χ0) is 31.8. The van der Waals surface area contributed by atoms with Gasteiger partial charge in [-0.05, 0) is 47.0 Å². The summed E-state index contributed by atoms with van der Waals surface area (Å²) >= 11 is 0. The van der Waals surface area contributed by atoms with Gasteiger partial charge in [0.05, 0.1) is 12.1 Å². The van der Waals surface area contributed by atoms with Gasteiger partial charge in [0.1, 0.15) is 42.0 Å². The van der Waals surface area contributed by atoms with Crippen molar-refractivity contribution >= 4 is 41.9 Å². The van der Waals surface area contributed by atoms with Crippen LogP contribution in [0.5, 0.6) is 0 Å². The Kier molecular flexibility index (Phi) is 27.0. The quantitative estimate of drug-likeness (QED) is 0.164. The molecule has 4 unspecified atom stereocenters. The van der Waals surface area contributed by atoms with Gasteiger partial charge in [0, 0.05) is 112 Å². The van der Waals surface area contributed by atoms with Gasteiger partial charge in [0.25, 0.3) is 0 Å². The molecule has 0 spiro atoms. The summed E-state index contributed by atoms with van der Waals surface area (Å²) in [6.45, 7) is 8.07. The average molecular weight is 790 g/mol. The Morgan fingerprint density at radius 3 is 1.18 bits per heavy atom. The molecule has 6 N–H and O–H groups in total. The molecule has 0 aliphatic carbocycles. The van der Waals surface area contributed by atoms with Gasteiger partial charge in [0.2, 0.25) is 0 Å². The number of carbonyl (C=O) groups excluding carboxylic acids is 5. The van der Waals surface area contributed by atoms with E-state index in [0.717, 1.165) is 12.6 Å². The van der Waals surface area contributed by atoms with E-state index in [1.165, 1.54) is 20.8 Å². The fraction of sp³-hybridized carbons (Fsp3) is 0.759. The number of Topliss-reactive ketones (excluding diaryl/α,β-unsaturated/α-hetero) is 3. The SMILES string of the molecule is CC(=O)CCC(C=O)N1CCN(C(CCC(C)=O)C(=O)O)CCN(C(C)C=O)CCN(C(CCC(C)=O)C(=O)O)CC1.O.O.[Gd]. The molecular weight excluding hydrogens is 738 g/mol. The molecule has 15 nitrogen and oxygen atoms in total. The fourth-order valence-electron chi connectivity index (χ4n) is 5.22. The van der Waals surface area contributed by atoms with Crippen LogP contribution in [0.25, 0.3) is 0 Å². The third-order valence-corrected chi connectivity index (χ3v) is 7.88. The van der Waals surface area contributed by atoms with Crippen LogP contribution in [0.3, 0.4) is 0 Å². The van der Waals surface area contributed by atoms with E-state index in [1.54, 1.807) is 16.7 Å². The molecule has 4 atom stereocenters. The van der Waals surface area contributed by atoms with E-state index >= 15 is 0 Å². The molecule has 1 saturated heterocycles.